The number of ether oxygens (including phenoxy) is 2. The summed E-state index contributed by atoms with van der Waals surface area (Å²) in [6.07, 6.45) is 0. The highest BCUT2D eigenvalue weighted by Gasteiger charge is 2.17. The largest absolute Gasteiger partial charge is 0.497 e. The second kappa shape index (κ2) is 11.0. The van der Waals surface area contributed by atoms with Crippen molar-refractivity contribution < 1.29 is 19.1 Å². The molecule has 0 bridgehead atoms. The van der Waals surface area contributed by atoms with Crippen LogP contribution in [0.25, 0.3) is 43.5 Å². The van der Waals surface area contributed by atoms with E-state index < -0.39 is 18.5 Å². The van der Waals surface area contributed by atoms with Gasteiger partial charge in [0.2, 0.25) is 0 Å². The number of amides is 1. The van der Waals surface area contributed by atoms with Gasteiger partial charge in [0.05, 0.1) is 34.1 Å². The van der Waals surface area contributed by atoms with Gasteiger partial charge >= 0.3 is 5.97 Å². The topological polar surface area (TPSA) is 90.4 Å². The van der Waals surface area contributed by atoms with E-state index in [2.05, 4.69) is 22.4 Å². The van der Waals surface area contributed by atoms with Gasteiger partial charge in [-0.3, -0.25) is 10.1 Å². The zero-order valence-electron chi connectivity index (χ0n) is 21.5. The first kappa shape index (κ1) is 25.2. The molecule has 0 spiro atoms. The Morgan fingerprint density at radius 3 is 2.30 bits per heavy atom. The summed E-state index contributed by atoms with van der Waals surface area (Å²) < 4.78 is 11.5. The van der Waals surface area contributed by atoms with Crippen molar-refractivity contribution in [3.8, 4) is 28.1 Å². The Morgan fingerprint density at radius 1 is 0.775 bits per heavy atom. The Morgan fingerprint density at radius 2 is 1.50 bits per heavy atom. The summed E-state index contributed by atoms with van der Waals surface area (Å²) >= 11 is 1.31. The standard InChI is InChI=1S/C32H23N3O4S/c1-38-23-15-16-27-29(17-23)40-32(34-27)35-30(36)19-39-31(37)25-18-28(33-26-10-6-5-9-24(25)26)22-13-11-21(12-14-22)20-7-3-2-4-8-20/h2-18H,19H2,1H3,(H,34,35,36). The lowest BCUT2D eigenvalue weighted by molar-refractivity contribution is -0.119. The highest BCUT2D eigenvalue weighted by molar-refractivity contribution is 7.22. The maximum absolute atomic E-state index is 13.2. The van der Waals surface area contributed by atoms with Crippen LogP contribution in [0.2, 0.25) is 0 Å². The van der Waals surface area contributed by atoms with Crippen LogP contribution in [0.3, 0.4) is 0 Å². The molecule has 6 aromatic rings. The van der Waals surface area contributed by atoms with E-state index in [0.29, 0.717) is 33.0 Å². The summed E-state index contributed by atoms with van der Waals surface area (Å²) in [4.78, 5) is 35.0. The minimum absolute atomic E-state index is 0.340. The number of nitrogens with zero attached hydrogens (tertiary/aromatic N) is 2. The Labute approximate surface area is 234 Å². The van der Waals surface area contributed by atoms with Gasteiger partial charge in [0, 0.05) is 10.9 Å². The predicted octanol–water partition coefficient (Wildman–Crippen LogP) is 6.98. The summed E-state index contributed by atoms with van der Waals surface area (Å²) in [5.41, 5.74) is 5.45. The van der Waals surface area contributed by atoms with E-state index in [1.165, 1.54) is 11.3 Å². The summed E-state index contributed by atoms with van der Waals surface area (Å²) in [6, 6.07) is 32.7. The van der Waals surface area contributed by atoms with Crippen LogP contribution in [-0.2, 0) is 9.53 Å². The number of hydrogen-bond donors (Lipinski definition) is 1. The van der Waals surface area contributed by atoms with Gasteiger partial charge in [-0.15, -0.1) is 0 Å². The molecule has 0 fully saturated rings. The van der Waals surface area contributed by atoms with Crippen LogP contribution in [0.5, 0.6) is 5.75 Å². The van der Waals surface area contributed by atoms with Gasteiger partial charge in [0.15, 0.2) is 11.7 Å². The molecule has 1 amide bonds. The third-order valence-electron chi connectivity index (χ3n) is 6.40. The van der Waals surface area contributed by atoms with Crippen molar-refractivity contribution in [3.63, 3.8) is 0 Å². The van der Waals surface area contributed by atoms with Gasteiger partial charge in [0.1, 0.15) is 5.75 Å². The molecule has 1 N–H and O–H groups in total. The number of methoxy groups -OCH3 is 1. The fourth-order valence-corrected chi connectivity index (χ4v) is 5.32. The summed E-state index contributed by atoms with van der Waals surface area (Å²) in [7, 11) is 1.59. The fraction of sp³-hybridized carbons (Fsp3) is 0.0625. The van der Waals surface area contributed by atoms with Gasteiger partial charge in [-0.2, -0.15) is 0 Å². The van der Waals surface area contributed by atoms with Crippen molar-refractivity contribution in [2.24, 2.45) is 0 Å². The number of rotatable bonds is 7. The first-order valence-corrected chi connectivity index (χ1v) is 13.4. The number of carbonyl (C=O) groups excluding carboxylic acids is 2. The molecule has 196 valence electrons. The zero-order chi connectivity index (χ0) is 27.5. The monoisotopic (exact) mass is 545 g/mol. The maximum atomic E-state index is 13.2. The lowest BCUT2D eigenvalue weighted by atomic mass is 10.0. The Hall–Kier alpha value is -5.08. The van der Waals surface area contributed by atoms with Crippen LogP contribution in [0, 0.1) is 0 Å². The highest BCUT2D eigenvalue weighted by atomic mass is 32.1. The lowest BCUT2D eigenvalue weighted by Crippen LogP contribution is -2.21. The minimum atomic E-state index is -0.607. The average molecular weight is 546 g/mol. The first-order valence-electron chi connectivity index (χ1n) is 12.5. The van der Waals surface area contributed by atoms with Crippen LogP contribution < -0.4 is 10.1 Å². The van der Waals surface area contributed by atoms with Crippen LogP contribution >= 0.6 is 11.3 Å². The van der Waals surface area contributed by atoms with E-state index in [9.17, 15) is 9.59 Å². The molecule has 4 aromatic carbocycles. The van der Waals surface area contributed by atoms with Gasteiger partial charge < -0.3 is 9.47 Å². The molecule has 0 saturated heterocycles. The first-order chi connectivity index (χ1) is 19.6. The number of esters is 1. The molecule has 0 unspecified atom stereocenters. The van der Waals surface area contributed by atoms with Crippen molar-refractivity contribution in [1.29, 1.82) is 0 Å². The van der Waals surface area contributed by atoms with Crippen LogP contribution in [-0.4, -0.2) is 35.6 Å². The summed E-state index contributed by atoms with van der Waals surface area (Å²) in [5, 5.41) is 3.77. The Balaban J connectivity index is 1.20. The number of para-hydroxylation sites is 1. The Kier molecular flexibility index (Phi) is 6.91. The molecule has 2 heterocycles. The second-order valence-corrected chi connectivity index (χ2v) is 10.0. The van der Waals surface area contributed by atoms with Crippen molar-refractivity contribution in [2.75, 3.05) is 19.0 Å². The normalized spacial score (nSPS) is 10.9. The molecule has 40 heavy (non-hydrogen) atoms. The van der Waals surface area contributed by atoms with Gasteiger partial charge in [-0.25, -0.2) is 14.8 Å². The summed E-state index contributed by atoms with van der Waals surface area (Å²) in [6.45, 7) is -0.449. The maximum Gasteiger partial charge on any atom is 0.339 e. The molecule has 7 nitrogen and oxygen atoms in total. The minimum Gasteiger partial charge on any atom is -0.497 e. The van der Waals surface area contributed by atoms with Crippen LogP contribution in [0.4, 0.5) is 5.13 Å². The molecule has 6 rings (SSSR count). The van der Waals surface area contributed by atoms with Crippen molar-refractivity contribution in [1.82, 2.24) is 9.97 Å². The number of aromatic nitrogens is 2. The molecule has 2 aromatic heterocycles. The van der Waals surface area contributed by atoms with Crippen molar-refractivity contribution in [3.05, 3.63) is 109 Å². The molecular weight excluding hydrogens is 522 g/mol. The third-order valence-corrected chi connectivity index (χ3v) is 7.33. The van der Waals surface area contributed by atoms with E-state index in [4.69, 9.17) is 14.5 Å². The average Bonchev–Trinajstić information content (AvgIpc) is 3.41. The van der Waals surface area contributed by atoms with Gasteiger partial charge in [0.25, 0.3) is 5.91 Å². The molecule has 0 atom stereocenters. The quantitative estimate of drug-likeness (QED) is 0.218. The van der Waals surface area contributed by atoms with Crippen molar-refractivity contribution in [2.45, 2.75) is 0 Å². The smallest absolute Gasteiger partial charge is 0.339 e. The van der Waals surface area contributed by atoms with E-state index in [1.54, 1.807) is 19.2 Å². The van der Waals surface area contributed by atoms with Gasteiger partial charge in [-0.05, 0) is 41.5 Å². The molecule has 0 saturated carbocycles. The number of benzene rings is 4. The predicted molar refractivity (Wildman–Crippen MR) is 158 cm³/mol. The molecular formula is C32H23N3O4S. The fourth-order valence-electron chi connectivity index (χ4n) is 4.41. The molecule has 0 radical (unpaired) electrons. The van der Waals surface area contributed by atoms with Gasteiger partial charge in [-0.1, -0.05) is 84.1 Å². The van der Waals surface area contributed by atoms with E-state index in [-0.39, 0.29) is 0 Å². The number of anilines is 1. The number of nitrogens with one attached hydrogen (secondary N) is 1. The molecule has 8 heteroatoms. The molecule has 0 aliphatic rings. The third kappa shape index (κ3) is 5.25. The Bertz CT molecular complexity index is 1850. The van der Waals surface area contributed by atoms with E-state index in [0.717, 1.165) is 26.9 Å². The van der Waals surface area contributed by atoms with E-state index >= 15 is 0 Å². The number of hydrogen-bond acceptors (Lipinski definition) is 7. The van der Waals surface area contributed by atoms with Crippen molar-refractivity contribution >= 4 is 49.5 Å². The highest BCUT2D eigenvalue weighted by Crippen LogP contribution is 2.30. The van der Waals surface area contributed by atoms with E-state index in [1.807, 2.05) is 78.9 Å². The molecule has 0 aliphatic heterocycles. The zero-order valence-corrected chi connectivity index (χ0v) is 22.3. The summed E-state index contributed by atoms with van der Waals surface area (Å²) in [5.74, 6) is -0.376. The van der Waals surface area contributed by atoms with Crippen LogP contribution in [0.15, 0.2) is 103 Å². The van der Waals surface area contributed by atoms with Crippen LogP contribution in [0.1, 0.15) is 10.4 Å². The lowest BCUT2D eigenvalue weighted by Gasteiger charge is -2.11. The SMILES string of the molecule is COc1ccc2nc(NC(=O)COC(=O)c3cc(-c4ccc(-c5ccccc5)cc4)nc4ccccc34)sc2c1. The number of pyridine rings is 1. The number of carbonyl (C=O) groups is 2. The number of thiazole rings is 1. The number of fused-ring (bicyclic) bond motifs is 2. The second-order valence-electron chi connectivity index (χ2n) is 8.99. The molecule has 0 aliphatic carbocycles.